The van der Waals surface area contributed by atoms with E-state index in [0.29, 0.717) is 36.5 Å². The Morgan fingerprint density at radius 3 is 2.33 bits per heavy atom. The summed E-state index contributed by atoms with van der Waals surface area (Å²) in [5, 5.41) is 3.67. The van der Waals surface area contributed by atoms with Crippen molar-refractivity contribution in [3.05, 3.63) is 69.7 Å². The number of benzene rings is 2. The molecule has 1 heterocycles. The molecule has 7 heteroatoms. The first-order valence-electron chi connectivity index (χ1n) is 10.3. The molecule has 0 aromatic heterocycles. The van der Waals surface area contributed by atoms with Gasteiger partial charge in [0.25, 0.3) is 0 Å². The van der Waals surface area contributed by atoms with Crippen molar-refractivity contribution < 1.29 is 13.2 Å². The highest BCUT2D eigenvalue weighted by molar-refractivity contribution is 7.88. The van der Waals surface area contributed by atoms with E-state index in [1.807, 2.05) is 13.0 Å². The van der Waals surface area contributed by atoms with Gasteiger partial charge in [-0.05, 0) is 68.0 Å². The van der Waals surface area contributed by atoms with Crippen LogP contribution >= 0.6 is 11.6 Å². The molecular weight excluding hydrogens is 420 g/mol. The number of carbonyl (C=O) groups excluding carboxylic acids is 1. The summed E-state index contributed by atoms with van der Waals surface area (Å²) in [7, 11) is -3.41. The van der Waals surface area contributed by atoms with Gasteiger partial charge in [-0.1, -0.05) is 41.9 Å². The molecular formula is C23H29ClN2O3S. The van der Waals surface area contributed by atoms with E-state index in [1.54, 1.807) is 24.3 Å². The maximum atomic E-state index is 12.7. The van der Waals surface area contributed by atoms with E-state index in [1.165, 1.54) is 15.4 Å². The second kappa shape index (κ2) is 9.50. The minimum absolute atomic E-state index is 0.00419. The van der Waals surface area contributed by atoms with Crippen LogP contribution in [-0.4, -0.2) is 31.7 Å². The van der Waals surface area contributed by atoms with Gasteiger partial charge in [0.1, 0.15) is 0 Å². The van der Waals surface area contributed by atoms with E-state index >= 15 is 0 Å². The highest BCUT2D eigenvalue weighted by atomic mass is 35.5. The third kappa shape index (κ3) is 5.62. The Hall–Kier alpha value is -1.89. The minimum atomic E-state index is -3.41. The number of aryl methyl sites for hydroxylation is 2. The molecule has 3 rings (SSSR count). The fourth-order valence-corrected chi connectivity index (χ4v) is 5.42. The van der Waals surface area contributed by atoms with Crippen LogP contribution in [0.5, 0.6) is 0 Å². The van der Waals surface area contributed by atoms with E-state index in [4.69, 9.17) is 11.6 Å². The lowest BCUT2D eigenvalue weighted by atomic mass is 9.96. The second-order valence-electron chi connectivity index (χ2n) is 8.13. The molecule has 1 fully saturated rings. The fraction of sp³-hybridized carbons (Fsp3) is 0.435. The van der Waals surface area contributed by atoms with Gasteiger partial charge in [-0.2, -0.15) is 0 Å². The molecule has 0 aliphatic carbocycles. The minimum Gasteiger partial charge on any atom is -0.349 e. The first-order valence-corrected chi connectivity index (χ1v) is 12.2. The van der Waals surface area contributed by atoms with Crippen molar-refractivity contribution in [2.75, 3.05) is 13.1 Å². The first-order chi connectivity index (χ1) is 14.2. The van der Waals surface area contributed by atoms with Gasteiger partial charge in [-0.15, -0.1) is 0 Å². The zero-order valence-corrected chi connectivity index (χ0v) is 19.3. The third-order valence-corrected chi connectivity index (χ3v) is 7.97. The quantitative estimate of drug-likeness (QED) is 0.713. The number of carbonyl (C=O) groups is 1. The van der Waals surface area contributed by atoms with Crippen LogP contribution < -0.4 is 5.32 Å². The highest BCUT2D eigenvalue weighted by Gasteiger charge is 2.31. The average Bonchev–Trinajstić information content (AvgIpc) is 2.71. The number of halogens is 1. The predicted octanol–water partition coefficient (Wildman–Crippen LogP) is 4.38. The van der Waals surface area contributed by atoms with Crippen LogP contribution in [0.15, 0.2) is 42.5 Å². The number of hydrogen-bond donors (Lipinski definition) is 1. The van der Waals surface area contributed by atoms with Gasteiger partial charge in [0, 0.05) is 24.0 Å². The summed E-state index contributed by atoms with van der Waals surface area (Å²) >= 11 is 5.87. The molecule has 1 aliphatic heterocycles. The summed E-state index contributed by atoms with van der Waals surface area (Å²) in [5.41, 5.74) is 4.22. The molecule has 1 saturated heterocycles. The summed E-state index contributed by atoms with van der Waals surface area (Å²) < 4.78 is 27.0. The summed E-state index contributed by atoms with van der Waals surface area (Å²) in [5.74, 6) is -0.221. The molecule has 1 aliphatic rings. The van der Waals surface area contributed by atoms with Gasteiger partial charge >= 0.3 is 0 Å². The molecule has 0 unspecified atom stereocenters. The van der Waals surface area contributed by atoms with Crippen molar-refractivity contribution in [3.63, 3.8) is 0 Å². The fourth-order valence-electron chi connectivity index (χ4n) is 3.73. The lowest BCUT2D eigenvalue weighted by molar-refractivity contribution is -0.126. The number of hydrogen-bond acceptors (Lipinski definition) is 3. The van der Waals surface area contributed by atoms with Gasteiger partial charge in [0.2, 0.25) is 15.9 Å². The van der Waals surface area contributed by atoms with E-state index < -0.39 is 10.0 Å². The SMILES string of the molecule is Cc1ccc([C@@H](C)NC(=O)C2CCN(S(=O)(=O)Cc3ccc(Cl)cc3)CC2)cc1C. The van der Waals surface area contributed by atoms with E-state index in [9.17, 15) is 13.2 Å². The topological polar surface area (TPSA) is 66.5 Å². The molecule has 2 aromatic rings. The lowest BCUT2D eigenvalue weighted by Crippen LogP contribution is -2.43. The standard InChI is InChI=1S/C23H29ClN2O3S/c1-16-4-7-21(14-17(16)2)18(3)25-23(27)20-10-12-26(13-11-20)30(28,29)15-19-5-8-22(24)9-6-19/h4-9,14,18,20H,10-13,15H2,1-3H3,(H,25,27)/t18-/m1/s1. The summed E-state index contributed by atoms with van der Waals surface area (Å²) in [4.78, 5) is 12.7. The Labute approximate surface area is 184 Å². The Balaban J connectivity index is 1.54. The van der Waals surface area contributed by atoms with E-state index in [-0.39, 0.29) is 23.6 Å². The molecule has 30 heavy (non-hydrogen) atoms. The van der Waals surface area contributed by atoms with Gasteiger partial charge in [0.05, 0.1) is 11.8 Å². The molecule has 0 spiro atoms. The van der Waals surface area contributed by atoms with Crippen molar-refractivity contribution in [1.82, 2.24) is 9.62 Å². The smallest absolute Gasteiger partial charge is 0.223 e. The van der Waals surface area contributed by atoms with Crippen molar-refractivity contribution in [3.8, 4) is 0 Å². The Morgan fingerprint density at radius 1 is 1.10 bits per heavy atom. The summed E-state index contributed by atoms with van der Waals surface area (Å²) in [6.07, 6.45) is 1.07. The Bertz CT molecular complexity index is 998. The van der Waals surface area contributed by atoms with Crippen molar-refractivity contribution in [2.24, 2.45) is 5.92 Å². The normalized spacial score (nSPS) is 16.9. The largest absolute Gasteiger partial charge is 0.349 e. The van der Waals surface area contributed by atoms with Gasteiger partial charge in [-0.3, -0.25) is 4.79 Å². The zero-order chi connectivity index (χ0) is 21.9. The van der Waals surface area contributed by atoms with Gasteiger partial charge in [0.15, 0.2) is 0 Å². The number of sulfonamides is 1. The van der Waals surface area contributed by atoms with Crippen LogP contribution in [-0.2, 0) is 20.6 Å². The Kier molecular flexibility index (Phi) is 7.22. The lowest BCUT2D eigenvalue weighted by Gasteiger charge is -2.31. The van der Waals surface area contributed by atoms with Crippen LogP contribution in [0.25, 0.3) is 0 Å². The third-order valence-electron chi connectivity index (χ3n) is 5.87. The average molecular weight is 449 g/mol. The summed E-state index contributed by atoms with van der Waals surface area (Å²) in [6.45, 7) is 6.84. The Morgan fingerprint density at radius 2 is 1.73 bits per heavy atom. The van der Waals surface area contributed by atoms with E-state index in [0.717, 1.165) is 5.56 Å². The van der Waals surface area contributed by atoms with Crippen LogP contribution in [0.2, 0.25) is 5.02 Å². The molecule has 1 N–H and O–H groups in total. The molecule has 0 bridgehead atoms. The molecule has 2 aromatic carbocycles. The second-order valence-corrected chi connectivity index (χ2v) is 10.5. The maximum absolute atomic E-state index is 12.7. The first kappa shape index (κ1) is 22.8. The zero-order valence-electron chi connectivity index (χ0n) is 17.7. The number of nitrogens with zero attached hydrogens (tertiary/aromatic N) is 1. The van der Waals surface area contributed by atoms with Crippen LogP contribution in [0.4, 0.5) is 0 Å². The molecule has 1 amide bonds. The van der Waals surface area contributed by atoms with Crippen LogP contribution in [0.1, 0.15) is 48.1 Å². The van der Waals surface area contributed by atoms with E-state index in [2.05, 4.69) is 31.3 Å². The monoisotopic (exact) mass is 448 g/mol. The molecule has 162 valence electrons. The number of rotatable bonds is 6. The molecule has 1 atom stereocenters. The number of piperidine rings is 1. The van der Waals surface area contributed by atoms with Crippen molar-refractivity contribution >= 4 is 27.5 Å². The maximum Gasteiger partial charge on any atom is 0.223 e. The van der Waals surface area contributed by atoms with Crippen LogP contribution in [0.3, 0.4) is 0 Å². The molecule has 0 radical (unpaired) electrons. The molecule has 5 nitrogen and oxygen atoms in total. The highest BCUT2D eigenvalue weighted by Crippen LogP contribution is 2.24. The molecule has 0 saturated carbocycles. The predicted molar refractivity (Wildman–Crippen MR) is 121 cm³/mol. The summed E-state index contributed by atoms with van der Waals surface area (Å²) in [6, 6.07) is 13.0. The van der Waals surface area contributed by atoms with Gasteiger partial charge in [-0.25, -0.2) is 12.7 Å². The number of amides is 1. The van der Waals surface area contributed by atoms with Gasteiger partial charge < -0.3 is 5.32 Å². The van der Waals surface area contributed by atoms with Crippen LogP contribution in [0, 0.1) is 19.8 Å². The van der Waals surface area contributed by atoms with Crippen molar-refractivity contribution in [1.29, 1.82) is 0 Å². The van der Waals surface area contributed by atoms with Crippen molar-refractivity contribution in [2.45, 2.75) is 45.4 Å². The number of nitrogens with one attached hydrogen (secondary N) is 1.